The van der Waals surface area contributed by atoms with E-state index in [1.807, 2.05) is 20.9 Å². The van der Waals surface area contributed by atoms with E-state index in [1.54, 1.807) is 35.9 Å². The van der Waals surface area contributed by atoms with Crippen molar-refractivity contribution in [2.45, 2.75) is 20.8 Å². The van der Waals surface area contributed by atoms with Crippen LogP contribution in [0.4, 0.5) is 5.69 Å². The Morgan fingerprint density at radius 2 is 1.87 bits per heavy atom. The van der Waals surface area contributed by atoms with Crippen LogP contribution < -0.4 is 5.32 Å². The lowest BCUT2D eigenvalue weighted by Crippen LogP contribution is -2.13. The van der Waals surface area contributed by atoms with Crippen LogP contribution in [0, 0.1) is 20.8 Å². The van der Waals surface area contributed by atoms with Crippen molar-refractivity contribution in [3.63, 3.8) is 0 Å². The third kappa shape index (κ3) is 2.85. The Bertz CT molecular complexity index is 861. The summed E-state index contributed by atoms with van der Waals surface area (Å²) in [7, 11) is 1.85. The van der Waals surface area contributed by atoms with Gasteiger partial charge in [0.05, 0.1) is 17.1 Å². The summed E-state index contributed by atoms with van der Waals surface area (Å²) in [6.45, 7) is 5.54. The largest absolute Gasteiger partial charge is 0.334 e. The van der Waals surface area contributed by atoms with Crippen molar-refractivity contribution in [1.29, 1.82) is 0 Å². The van der Waals surface area contributed by atoms with Crippen LogP contribution in [-0.2, 0) is 7.05 Å². The standard InChI is InChI=1S/C16H17N5O2/c1-9-14(10(2)21(4)19-9)18-15(22)12-5-7-13(8-6-12)16-17-11(3)20-23-16/h5-8H,1-4H3,(H,18,22). The van der Waals surface area contributed by atoms with E-state index in [1.165, 1.54) is 0 Å². The van der Waals surface area contributed by atoms with Crippen molar-refractivity contribution in [3.05, 3.63) is 47.0 Å². The second-order valence-electron chi connectivity index (χ2n) is 5.35. The van der Waals surface area contributed by atoms with Crippen molar-refractivity contribution >= 4 is 11.6 Å². The molecule has 1 aromatic carbocycles. The fourth-order valence-corrected chi connectivity index (χ4v) is 2.32. The third-order valence-electron chi connectivity index (χ3n) is 3.67. The average Bonchev–Trinajstić information content (AvgIpc) is 3.06. The Morgan fingerprint density at radius 1 is 1.17 bits per heavy atom. The first-order valence-corrected chi connectivity index (χ1v) is 7.18. The Kier molecular flexibility index (Phi) is 3.69. The van der Waals surface area contributed by atoms with Crippen LogP contribution in [0.25, 0.3) is 11.5 Å². The second-order valence-corrected chi connectivity index (χ2v) is 5.35. The molecule has 23 heavy (non-hydrogen) atoms. The number of rotatable bonds is 3. The van der Waals surface area contributed by atoms with Gasteiger partial charge in [0, 0.05) is 18.2 Å². The highest BCUT2D eigenvalue weighted by atomic mass is 16.5. The molecule has 3 aromatic rings. The zero-order valence-corrected chi connectivity index (χ0v) is 13.4. The Morgan fingerprint density at radius 3 is 2.39 bits per heavy atom. The van der Waals surface area contributed by atoms with Crippen LogP contribution in [0.2, 0.25) is 0 Å². The molecule has 0 aliphatic heterocycles. The highest BCUT2D eigenvalue weighted by molar-refractivity contribution is 6.05. The van der Waals surface area contributed by atoms with Gasteiger partial charge in [-0.3, -0.25) is 9.48 Å². The number of hydrogen-bond donors (Lipinski definition) is 1. The zero-order chi connectivity index (χ0) is 16.6. The minimum Gasteiger partial charge on any atom is -0.334 e. The SMILES string of the molecule is Cc1noc(-c2ccc(C(=O)Nc3c(C)nn(C)c3C)cc2)n1. The number of nitrogens with zero attached hydrogens (tertiary/aromatic N) is 4. The van der Waals surface area contributed by atoms with E-state index in [0.717, 1.165) is 22.6 Å². The highest BCUT2D eigenvalue weighted by Gasteiger charge is 2.14. The Labute approximate surface area is 133 Å². The van der Waals surface area contributed by atoms with Crippen molar-refractivity contribution < 1.29 is 9.32 Å². The van der Waals surface area contributed by atoms with Crippen LogP contribution >= 0.6 is 0 Å². The first-order valence-electron chi connectivity index (χ1n) is 7.18. The molecule has 7 nitrogen and oxygen atoms in total. The summed E-state index contributed by atoms with van der Waals surface area (Å²) in [6.07, 6.45) is 0. The zero-order valence-electron chi connectivity index (χ0n) is 13.4. The van der Waals surface area contributed by atoms with E-state index in [4.69, 9.17) is 4.52 Å². The molecule has 0 fully saturated rings. The molecule has 0 unspecified atom stereocenters. The molecular weight excluding hydrogens is 294 g/mol. The predicted octanol–water partition coefficient (Wildman–Crippen LogP) is 2.65. The molecule has 0 atom stereocenters. The van der Waals surface area contributed by atoms with E-state index in [2.05, 4.69) is 20.6 Å². The van der Waals surface area contributed by atoms with Crippen molar-refractivity contribution in [1.82, 2.24) is 19.9 Å². The van der Waals surface area contributed by atoms with Gasteiger partial charge in [0.25, 0.3) is 11.8 Å². The molecule has 0 radical (unpaired) electrons. The number of hydrogen-bond acceptors (Lipinski definition) is 5. The van der Waals surface area contributed by atoms with Gasteiger partial charge in [-0.1, -0.05) is 5.16 Å². The molecule has 7 heteroatoms. The lowest BCUT2D eigenvalue weighted by molar-refractivity contribution is 0.102. The van der Waals surface area contributed by atoms with Gasteiger partial charge in [0.15, 0.2) is 5.82 Å². The molecule has 118 valence electrons. The van der Waals surface area contributed by atoms with Gasteiger partial charge < -0.3 is 9.84 Å². The maximum absolute atomic E-state index is 12.4. The van der Waals surface area contributed by atoms with Crippen molar-refractivity contribution in [2.75, 3.05) is 5.32 Å². The van der Waals surface area contributed by atoms with Gasteiger partial charge in [0.1, 0.15) is 0 Å². The number of amides is 1. The molecule has 3 rings (SSSR count). The molecule has 0 saturated carbocycles. The molecule has 1 N–H and O–H groups in total. The number of carbonyl (C=O) groups excluding carboxylic acids is 1. The average molecular weight is 311 g/mol. The van der Waals surface area contributed by atoms with E-state index >= 15 is 0 Å². The summed E-state index contributed by atoms with van der Waals surface area (Å²) in [6, 6.07) is 7.02. The second kappa shape index (κ2) is 5.68. The fourth-order valence-electron chi connectivity index (χ4n) is 2.32. The van der Waals surface area contributed by atoms with E-state index in [9.17, 15) is 4.79 Å². The topological polar surface area (TPSA) is 85.8 Å². The normalized spacial score (nSPS) is 10.8. The van der Waals surface area contributed by atoms with Gasteiger partial charge in [-0.15, -0.1) is 0 Å². The van der Waals surface area contributed by atoms with Gasteiger partial charge in [-0.05, 0) is 45.0 Å². The monoisotopic (exact) mass is 311 g/mol. The first-order chi connectivity index (χ1) is 11.0. The van der Waals surface area contributed by atoms with Crippen LogP contribution in [0.5, 0.6) is 0 Å². The molecule has 0 aliphatic carbocycles. The summed E-state index contributed by atoms with van der Waals surface area (Å²) in [5.41, 5.74) is 3.77. The lowest BCUT2D eigenvalue weighted by atomic mass is 10.1. The van der Waals surface area contributed by atoms with Crippen LogP contribution in [0.3, 0.4) is 0 Å². The Hall–Kier alpha value is -2.96. The number of carbonyl (C=O) groups is 1. The molecule has 1 amide bonds. The summed E-state index contributed by atoms with van der Waals surface area (Å²) in [5.74, 6) is 0.829. The number of aromatic nitrogens is 4. The van der Waals surface area contributed by atoms with Gasteiger partial charge in [-0.25, -0.2) is 0 Å². The van der Waals surface area contributed by atoms with E-state index < -0.39 is 0 Å². The predicted molar refractivity (Wildman–Crippen MR) is 85.1 cm³/mol. The fraction of sp³-hybridized carbons (Fsp3) is 0.250. The van der Waals surface area contributed by atoms with Gasteiger partial charge >= 0.3 is 0 Å². The number of anilines is 1. The third-order valence-corrected chi connectivity index (χ3v) is 3.67. The minimum atomic E-state index is -0.183. The number of nitrogens with one attached hydrogen (secondary N) is 1. The first kappa shape index (κ1) is 15.0. The molecule has 0 aliphatic rings. The number of benzene rings is 1. The van der Waals surface area contributed by atoms with Gasteiger partial charge in [0.2, 0.25) is 0 Å². The molecular formula is C16H17N5O2. The maximum atomic E-state index is 12.4. The summed E-state index contributed by atoms with van der Waals surface area (Å²) in [4.78, 5) is 16.5. The van der Waals surface area contributed by atoms with Crippen LogP contribution in [0.1, 0.15) is 27.6 Å². The molecule has 2 heterocycles. The summed E-state index contributed by atoms with van der Waals surface area (Å²) < 4.78 is 6.85. The van der Waals surface area contributed by atoms with Crippen molar-refractivity contribution in [3.8, 4) is 11.5 Å². The van der Waals surface area contributed by atoms with Crippen molar-refractivity contribution in [2.24, 2.45) is 7.05 Å². The summed E-state index contributed by atoms with van der Waals surface area (Å²) >= 11 is 0. The highest BCUT2D eigenvalue weighted by Crippen LogP contribution is 2.21. The van der Waals surface area contributed by atoms with Crippen LogP contribution in [0.15, 0.2) is 28.8 Å². The molecule has 2 aromatic heterocycles. The Balaban J connectivity index is 1.80. The molecule has 0 bridgehead atoms. The summed E-state index contributed by atoms with van der Waals surface area (Å²) in [5, 5.41) is 10.9. The smallest absolute Gasteiger partial charge is 0.257 e. The maximum Gasteiger partial charge on any atom is 0.257 e. The number of aryl methyl sites for hydroxylation is 3. The minimum absolute atomic E-state index is 0.183. The van der Waals surface area contributed by atoms with E-state index in [-0.39, 0.29) is 5.91 Å². The molecule has 0 saturated heterocycles. The quantitative estimate of drug-likeness (QED) is 0.803. The van der Waals surface area contributed by atoms with Gasteiger partial charge in [-0.2, -0.15) is 10.1 Å². The molecule has 0 spiro atoms. The van der Waals surface area contributed by atoms with E-state index in [0.29, 0.717) is 17.3 Å². The van der Waals surface area contributed by atoms with Crippen LogP contribution in [-0.4, -0.2) is 25.8 Å². The lowest BCUT2D eigenvalue weighted by Gasteiger charge is -2.06.